The van der Waals surface area contributed by atoms with Crippen LogP contribution in [-0.4, -0.2) is 146 Å². The highest BCUT2D eigenvalue weighted by Gasteiger charge is 2.37. The lowest BCUT2D eigenvalue weighted by atomic mass is 9.88. The fourth-order valence-corrected chi connectivity index (χ4v) is 2.88. The molecule has 0 saturated carbocycles. The molecule has 0 spiro atoms. The molecule has 326 valence electrons. The summed E-state index contributed by atoms with van der Waals surface area (Å²) in [6, 6.07) is 1.20. The molecule has 6 unspecified atom stereocenters. The summed E-state index contributed by atoms with van der Waals surface area (Å²) in [5.74, 6) is 0. The lowest BCUT2D eigenvalue weighted by Gasteiger charge is -2.32. The Morgan fingerprint density at radius 3 is 1.11 bits per heavy atom. The Labute approximate surface area is 309 Å². The SMILES string of the molecule is CC([NH3+])COC(C)COCCOC(C)C[NH3+].CCC(COCC(C)[NH3+])(COCC(C)[NH3+])COCC(C)[NH3+].O=S(=O)([O-])C(F)(F)F.O=S(=O)([O-])C(F)(F)F. The van der Waals surface area contributed by atoms with Gasteiger partial charge in [0, 0.05) is 5.41 Å². The fourth-order valence-electron chi connectivity index (χ4n) is 2.88. The van der Waals surface area contributed by atoms with E-state index < -0.39 is 31.3 Å². The summed E-state index contributed by atoms with van der Waals surface area (Å²) in [7, 11) is -12.2. The molecule has 0 heterocycles. The summed E-state index contributed by atoms with van der Waals surface area (Å²) in [6.45, 7) is 21.6. The first-order valence-electron chi connectivity index (χ1n) is 16.6. The van der Waals surface area contributed by atoms with Gasteiger partial charge >= 0.3 is 11.0 Å². The summed E-state index contributed by atoms with van der Waals surface area (Å²) >= 11 is 0. The van der Waals surface area contributed by atoms with Gasteiger partial charge in [0.2, 0.25) is 0 Å². The Kier molecular flexibility index (Phi) is 33.4. The number of rotatable bonds is 23. The highest BCUT2D eigenvalue weighted by molar-refractivity contribution is 7.86. The van der Waals surface area contributed by atoms with Crippen LogP contribution in [0.2, 0.25) is 0 Å². The van der Waals surface area contributed by atoms with Crippen molar-refractivity contribution in [1.29, 1.82) is 0 Å². The molecule has 53 heavy (non-hydrogen) atoms. The normalized spacial score (nSPS) is 16.9. The maximum Gasteiger partial charge on any atom is 0.485 e. The molecule has 0 aliphatic carbocycles. The van der Waals surface area contributed by atoms with E-state index in [2.05, 4.69) is 56.4 Å². The van der Waals surface area contributed by atoms with Crippen molar-refractivity contribution in [1.82, 2.24) is 0 Å². The molecule has 0 aliphatic heterocycles. The molecule has 0 bridgehead atoms. The van der Waals surface area contributed by atoms with Crippen molar-refractivity contribution in [3.8, 4) is 0 Å². The van der Waals surface area contributed by atoms with Crippen LogP contribution in [0.25, 0.3) is 0 Å². The molecule has 15 N–H and O–H groups in total. The first-order chi connectivity index (χ1) is 23.9. The molecule has 0 aromatic carbocycles. The molecule has 6 atom stereocenters. The minimum Gasteiger partial charge on any atom is -0.741 e. The maximum absolute atomic E-state index is 10.7. The second-order valence-corrected chi connectivity index (χ2v) is 15.6. The quantitative estimate of drug-likeness (QED) is 0.0300. The first-order valence-corrected chi connectivity index (χ1v) is 19.4. The second-order valence-electron chi connectivity index (χ2n) is 12.8. The standard InChI is InChI=1S/C15H35N3O3.C11H26N2O3.2CHF3O3S/c1-5-15(9-19-6-12(2)16,10-20-7-13(3)17)11-21-8-14(4)18;1-9(13)7-16-11(3)8-14-4-5-15-10(2)6-12;2*2-1(3,4)8(5,6)7/h12-14H,5-11,16-18H2,1-4H3;9-11H,4-8,12-13H2,1-3H3;2*(H,5,6,7)/p+3. The minimum atomic E-state index is -6.09. The Bertz CT molecular complexity index is 1010. The van der Waals surface area contributed by atoms with E-state index in [0.29, 0.717) is 90.2 Å². The van der Waals surface area contributed by atoms with E-state index in [9.17, 15) is 26.3 Å². The van der Waals surface area contributed by atoms with Crippen LogP contribution in [0.15, 0.2) is 0 Å². The third-order valence-corrected chi connectivity index (χ3v) is 6.94. The summed E-state index contributed by atoms with van der Waals surface area (Å²) in [4.78, 5) is 0. The number of ether oxygens (including phenoxy) is 6. The van der Waals surface area contributed by atoms with Gasteiger partial charge in [0.15, 0.2) is 20.2 Å². The van der Waals surface area contributed by atoms with E-state index in [1.807, 2.05) is 20.8 Å². The first kappa shape index (κ1) is 58.7. The van der Waals surface area contributed by atoms with E-state index in [1.54, 1.807) is 0 Å². The largest absolute Gasteiger partial charge is 0.741 e. The van der Waals surface area contributed by atoms with E-state index in [4.69, 9.17) is 54.4 Å². The molecule has 17 nitrogen and oxygen atoms in total. The van der Waals surface area contributed by atoms with Crippen molar-refractivity contribution >= 4 is 20.2 Å². The topological polar surface area (TPSA) is 308 Å². The smallest absolute Gasteiger partial charge is 0.485 e. The number of alkyl halides is 6. The predicted octanol–water partition coefficient (Wildman–Crippen LogP) is -2.89. The van der Waals surface area contributed by atoms with Gasteiger partial charge in [0.1, 0.15) is 36.8 Å². The average Bonchev–Trinajstić information content (AvgIpc) is 2.98. The number of hydrogen-bond donors (Lipinski definition) is 5. The zero-order chi connectivity index (χ0) is 42.7. The van der Waals surface area contributed by atoms with Crippen molar-refractivity contribution in [2.24, 2.45) is 5.41 Å². The van der Waals surface area contributed by atoms with Gasteiger partial charge < -0.3 is 66.2 Å². The molecule has 25 heteroatoms. The van der Waals surface area contributed by atoms with Crippen LogP contribution >= 0.6 is 0 Å². The van der Waals surface area contributed by atoms with Crippen LogP contribution in [0.3, 0.4) is 0 Å². The average molecular weight is 843 g/mol. The van der Waals surface area contributed by atoms with Crippen molar-refractivity contribution in [3.05, 3.63) is 0 Å². The molecule has 0 saturated heterocycles. The van der Waals surface area contributed by atoms with E-state index in [1.165, 1.54) is 0 Å². The van der Waals surface area contributed by atoms with Crippen LogP contribution in [-0.2, 0) is 48.7 Å². The van der Waals surface area contributed by atoms with Crippen molar-refractivity contribution in [2.45, 2.75) is 102 Å². The van der Waals surface area contributed by atoms with E-state index in [-0.39, 0.29) is 17.6 Å². The summed E-state index contributed by atoms with van der Waals surface area (Å²) in [5, 5.41) is 0. The molecule has 0 fully saturated rings. The second kappa shape index (κ2) is 30.1. The van der Waals surface area contributed by atoms with Gasteiger partial charge in [-0.05, 0) is 48.0 Å². The number of hydrogen-bond acceptors (Lipinski definition) is 12. The lowest BCUT2D eigenvalue weighted by Crippen LogP contribution is -2.62. The predicted molar refractivity (Wildman–Crippen MR) is 175 cm³/mol. The maximum atomic E-state index is 10.7. The molecule has 0 aromatic heterocycles. The van der Waals surface area contributed by atoms with Crippen LogP contribution < -0.4 is 28.7 Å². The Balaban J connectivity index is -0.000000329. The van der Waals surface area contributed by atoms with Crippen LogP contribution in [0, 0.1) is 5.41 Å². The fraction of sp³-hybridized carbons (Fsp3) is 1.00. The van der Waals surface area contributed by atoms with Crippen LogP contribution in [0.4, 0.5) is 26.3 Å². The van der Waals surface area contributed by atoms with Crippen molar-refractivity contribution in [2.75, 3.05) is 72.6 Å². The molecule has 0 rings (SSSR count). The van der Waals surface area contributed by atoms with Gasteiger partial charge in [-0.1, -0.05) is 6.92 Å². The third-order valence-electron chi connectivity index (χ3n) is 5.80. The third kappa shape index (κ3) is 39.0. The van der Waals surface area contributed by atoms with E-state index >= 15 is 0 Å². The van der Waals surface area contributed by atoms with Gasteiger partial charge in [-0.15, -0.1) is 0 Å². The zero-order valence-corrected chi connectivity index (χ0v) is 33.6. The Morgan fingerprint density at radius 1 is 0.547 bits per heavy atom. The van der Waals surface area contributed by atoms with Crippen molar-refractivity contribution < 1.29 is 109 Å². The number of halogens is 6. The Hall–Kier alpha value is -1.04. The molecule has 0 aliphatic rings. The van der Waals surface area contributed by atoms with Gasteiger partial charge in [0.25, 0.3) is 0 Å². The van der Waals surface area contributed by atoms with Gasteiger partial charge in [-0.3, -0.25) is 0 Å². The molecule has 0 radical (unpaired) electrons. The zero-order valence-electron chi connectivity index (χ0n) is 32.0. The minimum absolute atomic E-state index is 0.0985. The van der Waals surface area contributed by atoms with Crippen LogP contribution in [0.5, 0.6) is 0 Å². The number of quaternary nitrogens is 5. The van der Waals surface area contributed by atoms with Gasteiger partial charge in [-0.2, -0.15) is 26.3 Å². The van der Waals surface area contributed by atoms with E-state index in [0.717, 1.165) is 13.0 Å². The highest BCUT2D eigenvalue weighted by atomic mass is 32.2. The molecular weight excluding hydrogens is 776 g/mol. The highest BCUT2D eigenvalue weighted by Crippen LogP contribution is 2.24. The lowest BCUT2D eigenvalue weighted by molar-refractivity contribution is -0.424. The van der Waals surface area contributed by atoms with Gasteiger partial charge in [0.05, 0.1) is 72.2 Å². The van der Waals surface area contributed by atoms with Crippen LogP contribution in [0.1, 0.15) is 54.9 Å². The summed E-state index contributed by atoms with van der Waals surface area (Å²) < 4.78 is 152. The summed E-state index contributed by atoms with van der Waals surface area (Å²) in [6.07, 6.45) is 1.29. The van der Waals surface area contributed by atoms with Crippen molar-refractivity contribution in [3.63, 3.8) is 0 Å². The summed E-state index contributed by atoms with van der Waals surface area (Å²) in [5.41, 5.74) is 8.08. The molecule has 0 amide bonds. The Morgan fingerprint density at radius 2 is 0.868 bits per heavy atom. The monoisotopic (exact) mass is 842 g/mol. The van der Waals surface area contributed by atoms with Gasteiger partial charge in [-0.25, -0.2) is 16.8 Å². The molecular formula is C28H66F6N5O12S2+3. The molecule has 0 aromatic rings.